The van der Waals surface area contributed by atoms with Gasteiger partial charge in [0.1, 0.15) is 0 Å². The van der Waals surface area contributed by atoms with Crippen LogP contribution in [0.25, 0.3) is 10.9 Å². The first kappa shape index (κ1) is 18.5. The number of hydrazone groups is 1. The van der Waals surface area contributed by atoms with Crippen LogP contribution in [0.1, 0.15) is 22.8 Å². The van der Waals surface area contributed by atoms with Crippen molar-refractivity contribution >= 4 is 22.5 Å². The highest BCUT2D eigenvalue weighted by atomic mass is 16.5. The number of methoxy groups -OCH3 is 2. The summed E-state index contributed by atoms with van der Waals surface area (Å²) in [4.78, 5) is 12.5. The lowest BCUT2D eigenvalue weighted by Crippen LogP contribution is -2.19. The van der Waals surface area contributed by atoms with Gasteiger partial charge in [-0.25, -0.2) is 5.43 Å². The number of rotatable bonds is 6. The second kappa shape index (κ2) is 7.95. The molecule has 0 unspecified atom stereocenters. The van der Waals surface area contributed by atoms with Gasteiger partial charge in [0, 0.05) is 36.3 Å². The summed E-state index contributed by atoms with van der Waals surface area (Å²) in [6.45, 7) is 1.88. The fourth-order valence-corrected chi connectivity index (χ4v) is 3.05. The Labute approximate surface area is 158 Å². The number of para-hydroxylation sites is 1. The molecule has 0 aliphatic carbocycles. The minimum absolute atomic E-state index is 0.224. The quantitative estimate of drug-likeness (QED) is 0.537. The number of hydrogen-bond donors (Lipinski definition) is 1. The molecule has 140 valence electrons. The molecular weight excluding hydrogens is 342 g/mol. The summed E-state index contributed by atoms with van der Waals surface area (Å²) in [5, 5.41) is 5.15. The molecule has 6 nitrogen and oxygen atoms in total. The maximum absolute atomic E-state index is 12.5. The average Bonchev–Trinajstić information content (AvgIpc) is 3.03. The van der Waals surface area contributed by atoms with Crippen molar-refractivity contribution in [3.63, 3.8) is 0 Å². The fraction of sp³-hybridized carbons (Fsp3) is 0.238. The van der Waals surface area contributed by atoms with Crippen LogP contribution in [0.5, 0.6) is 11.5 Å². The van der Waals surface area contributed by atoms with Crippen LogP contribution in [0.2, 0.25) is 0 Å². The number of nitrogens with zero attached hydrogens (tertiary/aromatic N) is 2. The molecule has 0 saturated carbocycles. The molecule has 0 aliphatic heterocycles. The zero-order valence-corrected chi connectivity index (χ0v) is 15.9. The monoisotopic (exact) mass is 365 g/mol. The third-order valence-corrected chi connectivity index (χ3v) is 4.40. The summed E-state index contributed by atoms with van der Waals surface area (Å²) >= 11 is 0. The van der Waals surface area contributed by atoms with Crippen molar-refractivity contribution in [3.8, 4) is 11.5 Å². The number of benzene rings is 2. The van der Waals surface area contributed by atoms with E-state index in [0.29, 0.717) is 23.5 Å². The molecule has 0 atom stereocenters. The molecule has 1 N–H and O–H groups in total. The Kier molecular flexibility index (Phi) is 5.45. The Balaban J connectivity index is 1.72. The number of ether oxygens (including phenoxy) is 2. The van der Waals surface area contributed by atoms with Crippen LogP contribution in [0.3, 0.4) is 0 Å². The highest BCUT2D eigenvalue weighted by Gasteiger charge is 2.13. The van der Waals surface area contributed by atoms with Gasteiger partial charge in [-0.15, -0.1) is 0 Å². The van der Waals surface area contributed by atoms with E-state index < -0.39 is 0 Å². The number of fused-ring (bicyclic) bond motifs is 1. The number of nitrogens with one attached hydrogen (secondary N) is 1. The zero-order valence-electron chi connectivity index (χ0n) is 15.9. The van der Waals surface area contributed by atoms with Gasteiger partial charge in [0.15, 0.2) is 11.5 Å². The van der Waals surface area contributed by atoms with Crippen molar-refractivity contribution in [1.82, 2.24) is 9.99 Å². The summed E-state index contributed by atoms with van der Waals surface area (Å²) in [5.41, 5.74) is 6.08. The van der Waals surface area contributed by atoms with Crippen molar-refractivity contribution in [3.05, 3.63) is 59.8 Å². The molecule has 3 aromatic rings. The van der Waals surface area contributed by atoms with E-state index in [2.05, 4.69) is 10.5 Å². The van der Waals surface area contributed by atoms with Crippen molar-refractivity contribution < 1.29 is 14.3 Å². The maximum atomic E-state index is 12.5. The third kappa shape index (κ3) is 3.95. The Morgan fingerprint density at radius 2 is 1.85 bits per heavy atom. The van der Waals surface area contributed by atoms with Crippen LogP contribution in [0.4, 0.5) is 0 Å². The molecule has 2 aromatic carbocycles. The molecular formula is C21H23N3O3. The molecule has 0 saturated heterocycles. The first-order chi connectivity index (χ1) is 13.0. The van der Waals surface area contributed by atoms with Gasteiger partial charge < -0.3 is 14.0 Å². The third-order valence-electron chi connectivity index (χ3n) is 4.40. The first-order valence-corrected chi connectivity index (χ1v) is 8.62. The average molecular weight is 365 g/mol. The van der Waals surface area contributed by atoms with Crippen LogP contribution < -0.4 is 14.9 Å². The van der Waals surface area contributed by atoms with Crippen LogP contribution in [-0.2, 0) is 13.5 Å². The van der Waals surface area contributed by atoms with Crippen molar-refractivity contribution in [2.45, 2.75) is 13.3 Å². The van der Waals surface area contributed by atoms with Gasteiger partial charge >= 0.3 is 0 Å². The topological polar surface area (TPSA) is 64.8 Å². The number of aryl methyl sites for hydroxylation is 1. The predicted molar refractivity (Wildman–Crippen MR) is 107 cm³/mol. The summed E-state index contributed by atoms with van der Waals surface area (Å²) in [6.07, 6.45) is 2.41. The molecule has 6 heteroatoms. The predicted octanol–water partition coefficient (Wildman–Crippen LogP) is 3.54. The van der Waals surface area contributed by atoms with Crippen molar-refractivity contribution in [2.24, 2.45) is 12.1 Å². The highest BCUT2D eigenvalue weighted by molar-refractivity contribution is 6.07. The molecule has 0 bridgehead atoms. The van der Waals surface area contributed by atoms with E-state index in [1.165, 1.54) is 0 Å². The van der Waals surface area contributed by atoms with Gasteiger partial charge in [-0.2, -0.15) is 5.10 Å². The van der Waals surface area contributed by atoms with Crippen molar-refractivity contribution in [1.29, 1.82) is 0 Å². The molecule has 27 heavy (non-hydrogen) atoms. The summed E-state index contributed by atoms with van der Waals surface area (Å²) in [5.74, 6) is 1.13. The number of hydrogen-bond acceptors (Lipinski definition) is 4. The molecule has 0 spiro atoms. The van der Waals surface area contributed by atoms with Crippen LogP contribution in [0, 0.1) is 0 Å². The van der Waals surface area contributed by atoms with Gasteiger partial charge in [-0.1, -0.05) is 24.3 Å². The van der Waals surface area contributed by atoms with E-state index in [1.807, 2.05) is 67.2 Å². The lowest BCUT2D eigenvalue weighted by atomic mass is 10.1. The number of carbonyl (C=O) groups is 1. The Hall–Kier alpha value is -3.28. The number of aromatic nitrogens is 1. The summed E-state index contributed by atoms with van der Waals surface area (Å²) < 4.78 is 12.5. The Bertz CT molecular complexity index is 1010. The normalized spacial score (nSPS) is 11.5. The second-order valence-corrected chi connectivity index (χ2v) is 6.32. The standard InChI is InChI=1S/C21H23N3O3/c1-14(11-15-9-10-19(26-3)20(12-15)27-4)22-23-21(25)17-13-24(2)18-8-6-5-7-16(17)18/h5-10,12-13H,11H2,1-4H3,(H,23,25)/b22-14+. The number of amides is 1. The van der Waals surface area contributed by atoms with E-state index >= 15 is 0 Å². The van der Waals surface area contributed by atoms with Crippen LogP contribution >= 0.6 is 0 Å². The minimum Gasteiger partial charge on any atom is -0.493 e. The van der Waals surface area contributed by atoms with Gasteiger partial charge in [-0.05, 0) is 30.7 Å². The Morgan fingerprint density at radius 1 is 1.11 bits per heavy atom. The van der Waals surface area contributed by atoms with Crippen molar-refractivity contribution in [2.75, 3.05) is 14.2 Å². The maximum Gasteiger partial charge on any atom is 0.273 e. The molecule has 0 radical (unpaired) electrons. The van der Waals surface area contributed by atoms with E-state index in [1.54, 1.807) is 14.2 Å². The lowest BCUT2D eigenvalue weighted by Gasteiger charge is -2.09. The molecule has 0 fully saturated rings. The van der Waals surface area contributed by atoms with E-state index in [9.17, 15) is 4.79 Å². The molecule has 0 aliphatic rings. The Morgan fingerprint density at radius 3 is 2.59 bits per heavy atom. The van der Waals surface area contributed by atoms with E-state index in [0.717, 1.165) is 22.2 Å². The van der Waals surface area contributed by atoms with Crippen LogP contribution in [-0.4, -0.2) is 30.4 Å². The van der Waals surface area contributed by atoms with E-state index in [4.69, 9.17) is 9.47 Å². The van der Waals surface area contributed by atoms with Gasteiger partial charge in [0.2, 0.25) is 0 Å². The van der Waals surface area contributed by atoms with Gasteiger partial charge in [0.25, 0.3) is 5.91 Å². The SMILES string of the molecule is COc1ccc(C/C(C)=N/NC(=O)c2cn(C)c3ccccc23)cc1OC. The summed E-state index contributed by atoms with van der Waals surface area (Å²) in [6, 6.07) is 13.5. The fourth-order valence-electron chi connectivity index (χ4n) is 3.05. The second-order valence-electron chi connectivity index (χ2n) is 6.32. The smallest absolute Gasteiger partial charge is 0.273 e. The highest BCUT2D eigenvalue weighted by Crippen LogP contribution is 2.27. The molecule has 1 aromatic heterocycles. The number of carbonyl (C=O) groups excluding carboxylic acids is 1. The van der Waals surface area contributed by atoms with E-state index in [-0.39, 0.29) is 5.91 Å². The lowest BCUT2D eigenvalue weighted by molar-refractivity contribution is 0.0956. The van der Waals surface area contributed by atoms with Gasteiger partial charge in [-0.3, -0.25) is 4.79 Å². The first-order valence-electron chi connectivity index (χ1n) is 8.62. The van der Waals surface area contributed by atoms with Gasteiger partial charge in [0.05, 0.1) is 19.8 Å². The molecule has 3 rings (SSSR count). The van der Waals surface area contributed by atoms with Crippen LogP contribution in [0.15, 0.2) is 53.8 Å². The molecule has 1 heterocycles. The summed E-state index contributed by atoms with van der Waals surface area (Å²) in [7, 11) is 5.13. The molecule has 1 amide bonds. The largest absolute Gasteiger partial charge is 0.493 e. The zero-order chi connectivity index (χ0) is 19.4. The minimum atomic E-state index is -0.224.